The Balaban J connectivity index is 1.54. The molecule has 140 valence electrons. The Morgan fingerprint density at radius 2 is 2.00 bits per heavy atom. The number of nitriles is 1. The average molecular weight is 370 g/mol. The van der Waals surface area contributed by atoms with E-state index < -0.39 is 17.7 Å². The van der Waals surface area contributed by atoms with E-state index in [1.807, 2.05) is 12.1 Å². The molecule has 1 aliphatic rings. The molecule has 0 spiro atoms. The maximum absolute atomic E-state index is 13.4. The van der Waals surface area contributed by atoms with Crippen molar-refractivity contribution in [1.29, 1.82) is 5.26 Å². The second-order valence-electron chi connectivity index (χ2n) is 6.68. The van der Waals surface area contributed by atoms with Gasteiger partial charge in [-0.3, -0.25) is 4.79 Å². The van der Waals surface area contributed by atoms with E-state index in [1.165, 1.54) is 12.3 Å². The lowest BCUT2D eigenvalue weighted by molar-refractivity contribution is -0.126. The first-order valence-corrected chi connectivity index (χ1v) is 8.84. The first-order chi connectivity index (χ1) is 13.0. The van der Waals surface area contributed by atoms with Crippen molar-refractivity contribution in [2.24, 2.45) is 5.92 Å². The number of rotatable bonds is 4. The Morgan fingerprint density at radius 3 is 2.59 bits per heavy atom. The second-order valence-corrected chi connectivity index (χ2v) is 6.68. The summed E-state index contributed by atoms with van der Waals surface area (Å²) < 4.78 is 26.4. The lowest BCUT2D eigenvalue weighted by atomic mass is 9.95. The monoisotopic (exact) mass is 370 g/mol. The van der Waals surface area contributed by atoms with E-state index in [1.54, 1.807) is 13.0 Å². The lowest BCUT2D eigenvalue weighted by Crippen LogP contribution is -2.41. The number of hydrogen-bond acceptors (Lipinski definition) is 4. The third-order valence-corrected chi connectivity index (χ3v) is 4.87. The van der Waals surface area contributed by atoms with Gasteiger partial charge in [0.15, 0.2) is 11.6 Å². The zero-order chi connectivity index (χ0) is 19.4. The molecule has 0 aliphatic carbocycles. The van der Waals surface area contributed by atoms with Gasteiger partial charge in [0.2, 0.25) is 5.91 Å². The standard InChI is InChI=1S/C20H20F2N4O/c1-13(16-3-4-17(21)18(22)10-16)25-20(27)15-6-8-26(9-7-15)19-5-2-14(11-23)12-24-19/h2-5,10,12-13,15H,6-9H2,1H3,(H,25,27)/t13-/m0/s1. The van der Waals surface area contributed by atoms with Gasteiger partial charge in [-0.2, -0.15) is 5.26 Å². The number of amides is 1. The predicted molar refractivity (Wildman–Crippen MR) is 96.8 cm³/mol. The molecule has 0 bridgehead atoms. The first-order valence-electron chi connectivity index (χ1n) is 8.84. The SMILES string of the molecule is C[C@H](NC(=O)C1CCN(c2ccc(C#N)cn2)CC1)c1ccc(F)c(F)c1. The van der Waals surface area contributed by atoms with Gasteiger partial charge in [-0.15, -0.1) is 0 Å². The zero-order valence-electron chi connectivity index (χ0n) is 15.0. The second kappa shape index (κ2) is 8.12. The number of carbonyl (C=O) groups excluding carboxylic acids is 1. The Labute approximate surface area is 156 Å². The molecule has 2 aromatic rings. The highest BCUT2D eigenvalue weighted by Gasteiger charge is 2.26. The van der Waals surface area contributed by atoms with Crippen LogP contribution in [0, 0.1) is 28.9 Å². The molecule has 1 saturated heterocycles. The molecule has 1 aromatic carbocycles. The van der Waals surface area contributed by atoms with Gasteiger partial charge >= 0.3 is 0 Å². The number of aromatic nitrogens is 1. The first kappa shape index (κ1) is 18.8. The van der Waals surface area contributed by atoms with Crippen LogP contribution in [0.3, 0.4) is 0 Å². The summed E-state index contributed by atoms with van der Waals surface area (Å²) in [6.07, 6.45) is 2.90. The van der Waals surface area contributed by atoms with Crippen LogP contribution in [0.1, 0.15) is 36.9 Å². The number of piperidine rings is 1. The number of nitrogens with one attached hydrogen (secondary N) is 1. The van der Waals surface area contributed by atoms with E-state index >= 15 is 0 Å². The van der Waals surface area contributed by atoms with Gasteiger partial charge < -0.3 is 10.2 Å². The summed E-state index contributed by atoms with van der Waals surface area (Å²) in [7, 11) is 0. The molecule has 1 atom stereocenters. The summed E-state index contributed by atoms with van der Waals surface area (Å²) in [6, 6.07) is 8.83. The molecule has 0 unspecified atom stereocenters. The molecule has 3 rings (SSSR count). The number of benzene rings is 1. The minimum absolute atomic E-state index is 0.0836. The molecule has 5 nitrogen and oxygen atoms in total. The van der Waals surface area contributed by atoms with Crippen LogP contribution in [0.2, 0.25) is 0 Å². The molecule has 1 aromatic heterocycles. The molecule has 27 heavy (non-hydrogen) atoms. The topological polar surface area (TPSA) is 69.0 Å². The molecule has 1 aliphatic heterocycles. The largest absolute Gasteiger partial charge is 0.357 e. The Morgan fingerprint density at radius 1 is 1.26 bits per heavy atom. The van der Waals surface area contributed by atoms with Gasteiger partial charge in [0.1, 0.15) is 11.9 Å². The lowest BCUT2D eigenvalue weighted by Gasteiger charge is -2.32. The number of hydrogen-bond donors (Lipinski definition) is 1. The number of pyridine rings is 1. The predicted octanol–water partition coefficient (Wildman–Crippen LogP) is 3.33. The molecule has 0 radical (unpaired) electrons. The van der Waals surface area contributed by atoms with E-state index in [2.05, 4.69) is 15.2 Å². The van der Waals surface area contributed by atoms with Crippen LogP contribution in [0.25, 0.3) is 0 Å². The summed E-state index contributed by atoms with van der Waals surface area (Å²) in [4.78, 5) is 18.9. The van der Waals surface area contributed by atoms with Crippen LogP contribution in [-0.2, 0) is 4.79 Å². The van der Waals surface area contributed by atoms with Gasteiger partial charge in [0.05, 0.1) is 11.6 Å². The zero-order valence-corrected chi connectivity index (χ0v) is 15.0. The summed E-state index contributed by atoms with van der Waals surface area (Å²) in [5, 5.41) is 11.7. The average Bonchev–Trinajstić information content (AvgIpc) is 2.70. The highest BCUT2D eigenvalue weighted by Crippen LogP contribution is 2.23. The minimum Gasteiger partial charge on any atom is -0.357 e. The van der Waals surface area contributed by atoms with Crippen molar-refractivity contribution < 1.29 is 13.6 Å². The number of halogens is 2. The molecule has 1 fully saturated rings. The van der Waals surface area contributed by atoms with Gasteiger partial charge in [-0.1, -0.05) is 6.07 Å². The van der Waals surface area contributed by atoms with E-state index in [0.717, 1.165) is 18.0 Å². The van der Waals surface area contributed by atoms with Crippen molar-refractivity contribution in [3.05, 3.63) is 59.3 Å². The van der Waals surface area contributed by atoms with Crippen molar-refractivity contribution in [3.8, 4) is 6.07 Å². The molecule has 1 amide bonds. The van der Waals surface area contributed by atoms with Crippen LogP contribution < -0.4 is 10.2 Å². The molecule has 7 heteroatoms. The van der Waals surface area contributed by atoms with Gasteiger partial charge in [-0.25, -0.2) is 13.8 Å². The van der Waals surface area contributed by atoms with Crippen LogP contribution in [0.5, 0.6) is 0 Å². The van der Waals surface area contributed by atoms with E-state index in [-0.39, 0.29) is 11.8 Å². The van der Waals surface area contributed by atoms with Crippen molar-refractivity contribution in [2.75, 3.05) is 18.0 Å². The third kappa shape index (κ3) is 4.40. The van der Waals surface area contributed by atoms with Gasteiger partial charge in [0, 0.05) is 25.2 Å². The van der Waals surface area contributed by atoms with Gasteiger partial charge in [0.25, 0.3) is 0 Å². The summed E-state index contributed by atoms with van der Waals surface area (Å²) in [5.41, 5.74) is 1.04. The fourth-order valence-electron chi connectivity index (χ4n) is 3.21. The van der Waals surface area contributed by atoms with Crippen LogP contribution in [0.4, 0.5) is 14.6 Å². The summed E-state index contributed by atoms with van der Waals surface area (Å²) in [6.45, 7) is 3.13. The summed E-state index contributed by atoms with van der Waals surface area (Å²) >= 11 is 0. The highest BCUT2D eigenvalue weighted by atomic mass is 19.2. The van der Waals surface area contributed by atoms with E-state index in [4.69, 9.17) is 5.26 Å². The van der Waals surface area contributed by atoms with Crippen LogP contribution in [0.15, 0.2) is 36.5 Å². The number of anilines is 1. The molecule has 1 N–H and O–H groups in total. The molecular weight excluding hydrogens is 350 g/mol. The maximum Gasteiger partial charge on any atom is 0.223 e. The van der Waals surface area contributed by atoms with Crippen molar-refractivity contribution in [2.45, 2.75) is 25.8 Å². The van der Waals surface area contributed by atoms with Gasteiger partial charge in [-0.05, 0) is 49.6 Å². The normalized spacial score (nSPS) is 15.9. The highest BCUT2D eigenvalue weighted by molar-refractivity contribution is 5.79. The number of carbonyl (C=O) groups is 1. The van der Waals surface area contributed by atoms with E-state index in [9.17, 15) is 13.6 Å². The number of nitrogens with zero attached hydrogens (tertiary/aromatic N) is 3. The van der Waals surface area contributed by atoms with E-state index in [0.29, 0.717) is 37.1 Å². The summed E-state index contributed by atoms with van der Waals surface area (Å²) in [5.74, 6) is -1.24. The molecule has 0 saturated carbocycles. The van der Waals surface area contributed by atoms with Crippen LogP contribution >= 0.6 is 0 Å². The Hall–Kier alpha value is -3.01. The smallest absolute Gasteiger partial charge is 0.223 e. The fraction of sp³-hybridized carbons (Fsp3) is 0.350. The van der Waals surface area contributed by atoms with Crippen LogP contribution in [-0.4, -0.2) is 24.0 Å². The fourth-order valence-corrected chi connectivity index (χ4v) is 3.21. The molecular formula is C20H20F2N4O. The van der Waals surface area contributed by atoms with Crippen molar-refractivity contribution in [1.82, 2.24) is 10.3 Å². The minimum atomic E-state index is -0.920. The van der Waals surface area contributed by atoms with Crippen molar-refractivity contribution >= 4 is 11.7 Å². The Bertz CT molecular complexity index is 855. The Kier molecular flexibility index (Phi) is 5.65. The van der Waals surface area contributed by atoms with Crippen molar-refractivity contribution in [3.63, 3.8) is 0 Å². The third-order valence-electron chi connectivity index (χ3n) is 4.87. The quantitative estimate of drug-likeness (QED) is 0.896. The molecule has 2 heterocycles. The maximum atomic E-state index is 13.4.